The lowest BCUT2D eigenvalue weighted by atomic mass is 10.0. The predicted octanol–water partition coefficient (Wildman–Crippen LogP) is 3.00. The second-order valence-corrected chi connectivity index (χ2v) is 8.17. The van der Waals surface area contributed by atoms with Crippen molar-refractivity contribution in [2.45, 2.75) is 30.2 Å². The van der Waals surface area contributed by atoms with Crippen LogP contribution < -0.4 is 4.74 Å². The number of piperidine rings is 1. The van der Waals surface area contributed by atoms with Gasteiger partial charge in [0.15, 0.2) is 0 Å². The predicted molar refractivity (Wildman–Crippen MR) is 91.7 cm³/mol. The van der Waals surface area contributed by atoms with Gasteiger partial charge in [-0.25, -0.2) is 8.42 Å². The standard InChI is InChI=1S/C16H20ClN3O3S/c1-19-11-12(10-18-19)15-5-3-4-8-20(15)24(21,22)13-6-7-16(23-2)14(17)9-13/h6-7,9-11,15H,3-5,8H2,1-2H3. The zero-order valence-corrected chi connectivity index (χ0v) is 15.2. The van der Waals surface area contributed by atoms with Crippen LogP contribution in [0.4, 0.5) is 0 Å². The summed E-state index contributed by atoms with van der Waals surface area (Å²) >= 11 is 6.11. The molecule has 8 heteroatoms. The van der Waals surface area contributed by atoms with Gasteiger partial charge in [0.25, 0.3) is 0 Å². The lowest BCUT2D eigenvalue weighted by molar-refractivity contribution is 0.256. The Morgan fingerprint density at radius 3 is 2.75 bits per heavy atom. The molecule has 1 saturated heterocycles. The molecule has 0 radical (unpaired) electrons. The molecule has 1 aromatic carbocycles. The van der Waals surface area contributed by atoms with Crippen molar-refractivity contribution in [3.05, 3.63) is 41.2 Å². The number of hydrogen-bond donors (Lipinski definition) is 0. The van der Waals surface area contributed by atoms with Gasteiger partial charge in [-0.05, 0) is 31.0 Å². The molecule has 1 aliphatic rings. The summed E-state index contributed by atoms with van der Waals surface area (Å²) in [7, 11) is -0.315. The van der Waals surface area contributed by atoms with Crippen molar-refractivity contribution in [1.82, 2.24) is 14.1 Å². The van der Waals surface area contributed by atoms with E-state index < -0.39 is 10.0 Å². The molecular weight excluding hydrogens is 350 g/mol. The van der Waals surface area contributed by atoms with Gasteiger partial charge >= 0.3 is 0 Å². The van der Waals surface area contributed by atoms with Crippen molar-refractivity contribution in [2.75, 3.05) is 13.7 Å². The molecule has 1 atom stereocenters. The molecule has 130 valence electrons. The molecule has 2 heterocycles. The topological polar surface area (TPSA) is 64.4 Å². The van der Waals surface area contributed by atoms with Gasteiger partial charge in [-0.1, -0.05) is 18.0 Å². The Labute approximate surface area is 147 Å². The van der Waals surface area contributed by atoms with Crippen LogP contribution in [0.2, 0.25) is 5.02 Å². The van der Waals surface area contributed by atoms with E-state index in [4.69, 9.17) is 16.3 Å². The monoisotopic (exact) mass is 369 g/mol. The number of benzene rings is 1. The van der Waals surface area contributed by atoms with Gasteiger partial charge in [0.05, 0.1) is 29.3 Å². The van der Waals surface area contributed by atoms with Crippen molar-refractivity contribution >= 4 is 21.6 Å². The zero-order chi connectivity index (χ0) is 17.3. The molecule has 0 amide bonds. The van der Waals surface area contributed by atoms with E-state index in [1.54, 1.807) is 21.3 Å². The minimum Gasteiger partial charge on any atom is -0.495 e. The van der Waals surface area contributed by atoms with E-state index in [0.717, 1.165) is 24.8 Å². The molecule has 1 aliphatic heterocycles. The van der Waals surface area contributed by atoms with Gasteiger partial charge in [-0.3, -0.25) is 4.68 Å². The molecule has 3 rings (SSSR count). The number of nitrogens with zero attached hydrogens (tertiary/aromatic N) is 3. The lowest BCUT2D eigenvalue weighted by Gasteiger charge is -2.34. The van der Waals surface area contributed by atoms with Crippen LogP contribution in [0.25, 0.3) is 0 Å². The highest BCUT2D eigenvalue weighted by atomic mass is 35.5. The molecule has 0 bridgehead atoms. The van der Waals surface area contributed by atoms with Gasteiger partial charge in [-0.2, -0.15) is 9.40 Å². The number of halogens is 1. The van der Waals surface area contributed by atoms with Crippen LogP contribution in [0, 0.1) is 0 Å². The maximum atomic E-state index is 13.1. The molecule has 24 heavy (non-hydrogen) atoms. The number of methoxy groups -OCH3 is 1. The van der Waals surface area contributed by atoms with Crippen LogP contribution in [-0.4, -0.2) is 36.2 Å². The van der Waals surface area contributed by atoms with E-state index in [-0.39, 0.29) is 16.0 Å². The minimum atomic E-state index is -3.64. The van der Waals surface area contributed by atoms with Crippen molar-refractivity contribution in [3.63, 3.8) is 0 Å². The quantitative estimate of drug-likeness (QED) is 0.831. The minimum absolute atomic E-state index is 0.184. The van der Waals surface area contributed by atoms with Gasteiger partial charge in [0.2, 0.25) is 10.0 Å². The van der Waals surface area contributed by atoms with Crippen molar-refractivity contribution in [2.24, 2.45) is 7.05 Å². The van der Waals surface area contributed by atoms with Crippen LogP contribution >= 0.6 is 11.6 Å². The first-order valence-corrected chi connectivity index (χ1v) is 9.59. The number of sulfonamides is 1. The molecular formula is C16H20ClN3O3S. The Balaban J connectivity index is 1.98. The summed E-state index contributed by atoms with van der Waals surface area (Å²) in [5, 5.41) is 4.46. The average molecular weight is 370 g/mol. The fraction of sp³-hybridized carbons (Fsp3) is 0.438. The second kappa shape index (κ2) is 6.74. The molecule has 0 aliphatic carbocycles. The molecule has 0 spiro atoms. The number of rotatable bonds is 4. The van der Waals surface area contributed by atoms with Crippen molar-refractivity contribution in [1.29, 1.82) is 0 Å². The lowest BCUT2D eigenvalue weighted by Crippen LogP contribution is -2.38. The van der Waals surface area contributed by atoms with Crippen LogP contribution in [-0.2, 0) is 17.1 Å². The third-order valence-electron chi connectivity index (χ3n) is 4.29. The van der Waals surface area contributed by atoms with E-state index in [2.05, 4.69) is 5.10 Å². The number of hydrogen-bond acceptors (Lipinski definition) is 4. The molecule has 0 saturated carbocycles. The Kier molecular flexibility index (Phi) is 4.85. The van der Waals surface area contributed by atoms with Gasteiger partial charge in [0.1, 0.15) is 5.75 Å². The number of aryl methyl sites for hydroxylation is 1. The van der Waals surface area contributed by atoms with E-state index in [9.17, 15) is 8.42 Å². The fourth-order valence-electron chi connectivity index (χ4n) is 3.08. The summed E-state index contributed by atoms with van der Waals surface area (Å²) in [6, 6.07) is 4.37. The third kappa shape index (κ3) is 3.16. The van der Waals surface area contributed by atoms with E-state index in [1.165, 1.54) is 19.2 Å². The van der Waals surface area contributed by atoms with Crippen LogP contribution in [0.3, 0.4) is 0 Å². The average Bonchev–Trinajstić information content (AvgIpc) is 3.01. The maximum absolute atomic E-state index is 13.1. The van der Waals surface area contributed by atoms with E-state index in [0.29, 0.717) is 12.3 Å². The Morgan fingerprint density at radius 2 is 2.12 bits per heavy atom. The van der Waals surface area contributed by atoms with Gasteiger partial charge in [-0.15, -0.1) is 0 Å². The molecule has 6 nitrogen and oxygen atoms in total. The fourth-order valence-corrected chi connectivity index (χ4v) is 5.11. The Bertz CT molecular complexity index is 835. The number of aromatic nitrogens is 2. The van der Waals surface area contributed by atoms with E-state index in [1.807, 2.05) is 13.2 Å². The highest BCUT2D eigenvalue weighted by Crippen LogP contribution is 2.36. The normalized spacial score (nSPS) is 19.4. The van der Waals surface area contributed by atoms with Gasteiger partial charge in [0, 0.05) is 25.4 Å². The SMILES string of the molecule is COc1ccc(S(=O)(=O)N2CCCCC2c2cnn(C)c2)cc1Cl. The van der Waals surface area contributed by atoms with Crippen LogP contribution in [0.5, 0.6) is 5.75 Å². The smallest absolute Gasteiger partial charge is 0.243 e. The van der Waals surface area contributed by atoms with Gasteiger partial charge < -0.3 is 4.74 Å². The highest BCUT2D eigenvalue weighted by molar-refractivity contribution is 7.89. The summed E-state index contributed by atoms with van der Waals surface area (Å²) in [5.41, 5.74) is 0.917. The largest absolute Gasteiger partial charge is 0.495 e. The maximum Gasteiger partial charge on any atom is 0.243 e. The zero-order valence-electron chi connectivity index (χ0n) is 13.6. The second-order valence-electron chi connectivity index (χ2n) is 5.87. The third-order valence-corrected chi connectivity index (χ3v) is 6.49. The summed E-state index contributed by atoms with van der Waals surface area (Å²) in [6.45, 7) is 0.492. The Hall–Kier alpha value is -1.57. The first-order chi connectivity index (χ1) is 11.4. The molecule has 1 fully saturated rings. The summed E-state index contributed by atoms with van der Waals surface area (Å²) in [4.78, 5) is 0.184. The van der Waals surface area contributed by atoms with E-state index >= 15 is 0 Å². The number of ether oxygens (including phenoxy) is 1. The van der Waals surface area contributed by atoms with Crippen LogP contribution in [0.1, 0.15) is 30.9 Å². The summed E-state index contributed by atoms with van der Waals surface area (Å²) < 4.78 is 34.6. The van der Waals surface area contributed by atoms with Crippen LogP contribution in [0.15, 0.2) is 35.5 Å². The molecule has 2 aromatic rings. The Morgan fingerprint density at radius 1 is 1.33 bits per heavy atom. The molecule has 0 N–H and O–H groups in total. The van der Waals surface area contributed by atoms with Crippen molar-refractivity contribution < 1.29 is 13.2 Å². The first kappa shape index (κ1) is 17.3. The summed E-state index contributed by atoms with van der Waals surface area (Å²) in [5.74, 6) is 0.457. The highest BCUT2D eigenvalue weighted by Gasteiger charge is 2.35. The first-order valence-electron chi connectivity index (χ1n) is 7.77. The van der Waals surface area contributed by atoms with Crippen molar-refractivity contribution in [3.8, 4) is 5.75 Å². The molecule has 1 aromatic heterocycles. The summed E-state index contributed by atoms with van der Waals surface area (Å²) in [6.07, 6.45) is 6.24. The molecule has 1 unspecified atom stereocenters.